The van der Waals surface area contributed by atoms with E-state index in [-0.39, 0.29) is 17.6 Å². The quantitative estimate of drug-likeness (QED) is 0.510. The minimum atomic E-state index is -0.505. The molecule has 1 atom stereocenters. The second-order valence-electron chi connectivity index (χ2n) is 6.56. The highest BCUT2D eigenvalue weighted by Gasteiger charge is 2.39. The van der Waals surface area contributed by atoms with Gasteiger partial charge in [-0.15, -0.1) is 6.58 Å². The van der Waals surface area contributed by atoms with Crippen LogP contribution in [-0.2, 0) is 6.42 Å². The topological polar surface area (TPSA) is 50.3 Å². The van der Waals surface area contributed by atoms with Crippen molar-refractivity contribution in [2.45, 2.75) is 19.4 Å². The first kappa shape index (κ1) is 17.1. The average Bonchev–Trinajstić information content (AvgIpc) is 2.92. The van der Waals surface area contributed by atoms with Gasteiger partial charge >= 0.3 is 0 Å². The molecule has 0 radical (unpaired) electrons. The van der Waals surface area contributed by atoms with Gasteiger partial charge in [-0.2, -0.15) is 0 Å². The van der Waals surface area contributed by atoms with Gasteiger partial charge in [0.25, 0.3) is 11.8 Å². The van der Waals surface area contributed by atoms with E-state index in [0.29, 0.717) is 28.8 Å². The number of rotatable bonds is 4. The molecule has 27 heavy (non-hydrogen) atoms. The summed E-state index contributed by atoms with van der Waals surface area (Å²) >= 11 is 0. The van der Waals surface area contributed by atoms with E-state index in [1.165, 1.54) is 17.0 Å². The Morgan fingerprint density at radius 1 is 1.11 bits per heavy atom. The zero-order valence-electron chi connectivity index (χ0n) is 14.8. The summed E-state index contributed by atoms with van der Waals surface area (Å²) in [6.07, 6.45) is 2.15. The Labute approximate surface area is 155 Å². The number of imide groups is 1. The van der Waals surface area contributed by atoms with Crippen LogP contribution in [0.25, 0.3) is 10.9 Å². The third-order valence-corrected chi connectivity index (χ3v) is 4.89. The maximum atomic E-state index is 13.6. The van der Waals surface area contributed by atoms with Crippen molar-refractivity contribution in [1.29, 1.82) is 0 Å². The predicted molar refractivity (Wildman–Crippen MR) is 101 cm³/mol. The molecule has 2 amide bonds. The van der Waals surface area contributed by atoms with Crippen LogP contribution in [0.5, 0.6) is 0 Å². The van der Waals surface area contributed by atoms with Gasteiger partial charge in [0, 0.05) is 17.9 Å². The van der Waals surface area contributed by atoms with Crippen LogP contribution in [0, 0.1) is 5.82 Å². The van der Waals surface area contributed by atoms with Crippen molar-refractivity contribution in [1.82, 2.24) is 9.88 Å². The lowest BCUT2D eigenvalue weighted by atomic mass is 10.00. The summed E-state index contributed by atoms with van der Waals surface area (Å²) in [5.74, 6) is -0.987. The fraction of sp³-hybridized carbons (Fsp3) is 0.136. The van der Waals surface area contributed by atoms with Gasteiger partial charge < -0.3 is 0 Å². The molecule has 0 N–H and O–H groups in total. The van der Waals surface area contributed by atoms with Crippen molar-refractivity contribution in [3.8, 4) is 0 Å². The number of benzene rings is 2. The van der Waals surface area contributed by atoms with E-state index < -0.39 is 6.04 Å². The van der Waals surface area contributed by atoms with Crippen LogP contribution in [0.2, 0.25) is 0 Å². The zero-order chi connectivity index (χ0) is 19.1. The highest BCUT2D eigenvalue weighted by Crippen LogP contribution is 2.33. The molecular weight excluding hydrogens is 343 g/mol. The Morgan fingerprint density at radius 2 is 1.78 bits per heavy atom. The van der Waals surface area contributed by atoms with Gasteiger partial charge in [0.2, 0.25) is 0 Å². The Kier molecular flexibility index (Phi) is 4.07. The Morgan fingerprint density at radius 3 is 2.41 bits per heavy atom. The molecule has 134 valence electrons. The Balaban J connectivity index is 1.83. The van der Waals surface area contributed by atoms with Crippen LogP contribution >= 0.6 is 0 Å². The minimum Gasteiger partial charge on any atom is -0.269 e. The highest BCUT2D eigenvalue weighted by atomic mass is 19.1. The number of fused-ring (bicyclic) bond motifs is 2. The number of hydrogen-bond donors (Lipinski definition) is 0. The van der Waals surface area contributed by atoms with Gasteiger partial charge in [-0.25, -0.2) is 4.39 Å². The number of pyridine rings is 1. The van der Waals surface area contributed by atoms with Crippen molar-refractivity contribution in [3.63, 3.8) is 0 Å². The molecule has 1 aromatic heterocycles. The number of amides is 2. The highest BCUT2D eigenvalue weighted by molar-refractivity contribution is 6.21. The van der Waals surface area contributed by atoms with E-state index in [1.807, 2.05) is 6.07 Å². The molecule has 4 rings (SSSR count). The standard InChI is InChI=1S/C22H17FN2O2/c1-3-6-19-18(11-14-9-10-15(23)12-20(14)24-19)13(2)25-21(26)16-7-4-5-8-17(16)22(25)27/h3-5,7-13H,1,6H2,2H3. The Bertz CT molecular complexity index is 1070. The SMILES string of the molecule is C=CCc1nc2cc(F)ccc2cc1C(C)N1C(=O)c2ccccc2C1=O. The summed E-state index contributed by atoms with van der Waals surface area (Å²) < 4.78 is 13.6. The molecule has 0 aliphatic carbocycles. The maximum Gasteiger partial charge on any atom is 0.262 e. The van der Waals surface area contributed by atoms with Crippen molar-refractivity contribution in [2.75, 3.05) is 0 Å². The van der Waals surface area contributed by atoms with Crippen molar-refractivity contribution >= 4 is 22.7 Å². The molecular formula is C22H17FN2O2. The van der Waals surface area contributed by atoms with Crippen LogP contribution in [0.3, 0.4) is 0 Å². The number of halogens is 1. The smallest absolute Gasteiger partial charge is 0.262 e. The number of allylic oxidation sites excluding steroid dienone is 1. The summed E-state index contributed by atoms with van der Waals surface area (Å²) in [7, 11) is 0. The van der Waals surface area contributed by atoms with Crippen LogP contribution < -0.4 is 0 Å². The molecule has 2 heterocycles. The second-order valence-corrected chi connectivity index (χ2v) is 6.56. The Hall–Kier alpha value is -3.34. The molecule has 1 aliphatic heterocycles. The molecule has 4 nitrogen and oxygen atoms in total. The lowest BCUT2D eigenvalue weighted by molar-refractivity contribution is 0.0594. The van der Waals surface area contributed by atoms with Crippen molar-refractivity contribution in [3.05, 3.63) is 89.4 Å². The fourth-order valence-electron chi connectivity index (χ4n) is 3.56. The fourth-order valence-corrected chi connectivity index (χ4v) is 3.56. The van der Waals surface area contributed by atoms with Crippen LogP contribution in [0.15, 0.2) is 61.2 Å². The first-order valence-electron chi connectivity index (χ1n) is 8.68. The van der Waals surface area contributed by atoms with Gasteiger partial charge in [-0.05, 0) is 42.8 Å². The normalized spacial score (nSPS) is 14.5. The van der Waals surface area contributed by atoms with E-state index in [1.54, 1.807) is 43.3 Å². The van der Waals surface area contributed by atoms with Gasteiger partial charge in [0.05, 0.1) is 28.4 Å². The first-order valence-corrected chi connectivity index (χ1v) is 8.68. The van der Waals surface area contributed by atoms with Crippen LogP contribution in [-0.4, -0.2) is 21.7 Å². The van der Waals surface area contributed by atoms with E-state index in [2.05, 4.69) is 11.6 Å². The monoisotopic (exact) mass is 360 g/mol. The molecule has 0 saturated carbocycles. The van der Waals surface area contributed by atoms with Crippen LogP contribution in [0.4, 0.5) is 4.39 Å². The van der Waals surface area contributed by atoms with E-state index in [9.17, 15) is 14.0 Å². The summed E-state index contributed by atoms with van der Waals surface area (Å²) in [4.78, 5) is 31.5. The lowest BCUT2D eigenvalue weighted by Crippen LogP contribution is -2.33. The van der Waals surface area contributed by atoms with Crippen LogP contribution in [0.1, 0.15) is 44.9 Å². The molecule has 5 heteroatoms. The number of carbonyl (C=O) groups excluding carboxylic acids is 2. The first-order chi connectivity index (χ1) is 13.0. The van der Waals surface area contributed by atoms with Gasteiger partial charge in [-0.3, -0.25) is 19.5 Å². The largest absolute Gasteiger partial charge is 0.269 e. The molecule has 0 saturated heterocycles. The van der Waals surface area contributed by atoms with E-state index in [0.717, 1.165) is 10.9 Å². The van der Waals surface area contributed by atoms with E-state index in [4.69, 9.17) is 0 Å². The number of carbonyl (C=O) groups is 2. The summed E-state index contributed by atoms with van der Waals surface area (Å²) in [6.45, 7) is 5.56. The second kappa shape index (κ2) is 6.43. The van der Waals surface area contributed by atoms with Crippen molar-refractivity contribution < 1.29 is 14.0 Å². The molecule has 2 aromatic carbocycles. The summed E-state index contributed by atoms with van der Waals surface area (Å²) in [5.41, 5.74) is 2.78. The molecule has 0 fully saturated rings. The van der Waals surface area contributed by atoms with Gasteiger partial charge in [0.1, 0.15) is 5.82 Å². The number of aromatic nitrogens is 1. The van der Waals surface area contributed by atoms with Gasteiger partial charge in [0.15, 0.2) is 0 Å². The van der Waals surface area contributed by atoms with Gasteiger partial charge in [-0.1, -0.05) is 18.2 Å². The zero-order valence-corrected chi connectivity index (χ0v) is 14.8. The number of nitrogens with zero attached hydrogens (tertiary/aromatic N) is 2. The maximum absolute atomic E-state index is 13.6. The minimum absolute atomic E-state index is 0.313. The third kappa shape index (κ3) is 2.72. The lowest BCUT2D eigenvalue weighted by Gasteiger charge is -2.25. The molecule has 0 bridgehead atoms. The third-order valence-electron chi connectivity index (χ3n) is 4.89. The summed E-state index contributed by atoms with van der Waals surface area (Å²) in [6, 6.07) is 12.6. The van der Waals surface area contributed by atoms with Crippen molar-refractivity contribution in [2.24, 2.45) is 0 Å². The predicted octanol–water partition coefficient (Wildman–Crippen LogP) is 4.46. The molecule has 1 unspecified atom stereocenters. The summed E-state index contributed by atoms with van der Waals surface area (Å²) in [5, 5.41) is 0.752. The van der Waals surface area contributed by atoms with E-state index >= 15 is 0 Å². The molecule has 3 aromatic rings. The average molecular weight is 360 g/mol. The molecule has 0 spiro atoms. The molecule has 1 aliphatic rings. The number of hydrogen-bond acceptors (Lipinski definition) is 3.